The number of hydrogen-bond acceptors (Lipinski definition) is 4. The lowest BCUT2D eigenvalue weighted by Gasteiger charge is -2.19. The number of carbonyl (C=O) groups excluding carboxylic acids is 2. The summed E-state index contributed by atoms with van der Waals surface area (Å²) in [5.74, 6) is -0.799. The monoisotopic (exact) mass is 408 g/mol. The van der Waals surface area contributed by atoms with Gasteiger partial charge >= 0.3 is 11.9 Å². The highest BCUT2D eigenvalue weighted by molar-refractivity contribution is 6.30. The first kappa shape index (κ1) is 20.6. The van der Waals surface area contributed by atoms with E-state index in [0.29, 0.717) is 16.5 Å². The number of hydrogen-bond donors (Lipinski definition) is 0. The Balaban J connectivity index is 1.74. The molecule has 29 heavy (non-hydrogen) atoms. The van der Waals surface area contributed by atoms with E-state index >= 15 is 0 Å². The molecule has 3 aromatic carbocycles. The van der Waals surface area contributed by atoms with Crippen molar-refractivity contribution < 1.29 is 19.1 Å². The predicted octanol–water partition coefficient (Wildman–Crippen LogP) is 6.26. The minimum absolute atomic E-state index is 0.0516. The lowest BCUT2D eigenvalue weighted by molar-refractivity contribution is -0.140. The number of benzene rings is 3. The Morgan fingerprint density at radius 2 is 1.48 bits per heavy atom. The van der Waals surface area contributed by atoms with Crippen molar-refractivity contribution in [3.8, 4) is 11.5 Å². The van der Waals surface area contributed by atoms with Gasteiger partial charge in [-0.15, -0.1) is 0 Å². The summed E-state index contributed by atoms with van der Waals surface area (Å²) in [5.41, 5.74) is 0.994. The zero-order valence-corrected chi connectivity index (χ0v) is 16.9. The van der Waals surface area contributed by atoms with Crippen LogP contribution in [0, 0.1) is 5.92 Å². The molecule has 0 amide bonds. The molecule has 0 radical (unpaired) electrons. The number of para-hydroxylation sites is 1. The lowest BCUT2D eigenvalue weighted by atomic mass is 9.88. The molecule has 0 saturated carbocycles. The van der Waals surface area contributed by atoms with E-state index in [-0.39, 0.29) is 11.5 Å². The van der Waals surface area contributed by atoms with Crippen LogP contribution < -0.4 is 4.74 Å². The van der Waals surface area contributed by atoms with Gasteiger partial charge in [-0.05, 0) is 53.9 Å². The molecule has 0 aromatic heterocycles. The van der Waals surface area contributed by atoms with Crippen molar-refractivity contribution >= 4 is 23.5 Å². The van der Waals surface area contributed by atoms with Gasteiger partial charge in [0.1, 0.15) is 11.5 Å². The highest BCUT2D eigenvalue weighted by atomic mass is 35.5. The van der Waals surface area contributed by atoms with Crippen molar-refractivity contribution in [2.75, 3.05) is 0 Å². The second-order valence-corrected chi connectivity index (χ2v) is 7.36. The molecule has 0 bridgehead atoms. The normalized spacial score (nSPS) is 11.7. The van der Waals surface area contributed by atoms with Gasteiger partial charge in [-0.3, -0.25) is 4.79 Å². The summed E-state index contributed by atoms with van der Waals surface area (Å²) in [5, 5.41) is 0.580. The van der Waals surface area contributed by atoms with E-state index in [1.54, 1.807) is 48.5 Å². The maximum atomic E-state index is 12.7. The maximum Gasteiger partial charge on any atom is 0.345 e. The largest absolute Gasteiger partial charge is 0.457 e. The third-order valence-electron chi connectivity index (χ3n) is 4.39. The van der Waals surface area contributed by atoms with E-state index in [2.05, 4.69) is 0 Å². The Hall–Kier alpha value is -3.11. The molecule has 4 nitrogen and oxygen atoms in total. The van der Waals surface area contributed by atoms with Crippen LogP contribution in [0.15, 0.2) is 78.9 Å². The number of carbonyl (C=O) groups is 2. The quantitative estimate of drug-likeness (QED) is 0.357. The van der Waals surface area contributed by atoms with Crippen molar-refractivity contribution in [3.05, 3.63) is 95.0 Å². The lowest BCUT2D eigenvalue weighted by Crippen LogP contribution is -2.23. The van der Waals surface area contributed by atoms with Crippen molar-refractivity contribution in [2.24, 2.45) is 5.92 Å². The van der Waals surface area contributed by atoms with Crippen LogP contribution in [0.2, 0.25) is 5.02 Å². The van der Waals surface area contributed by atoms with Crippen molar-refractivity contribution in [1.29, 1.82) is 0 Å². The Morgan fingerprint density at radius 3 is 2.14 bits per heavy atom. The first-order valence-corrected chi connectivity index (χ1v) is 9.66. The molecular formula is C24H21ClO4. The van der Waals surface area contributed by atoms with Crippen LogP contribution in [0.3, 0.4) is 0 Å². The fourth-order valence-corrected chi connectivity index (χ4v) is 3.11. The van der Waals surface area contributed by atoms with Gasteiger partial charge in [0.05, 0.1) is 11.5 Å². The fraction of sp³-hybridized carbons (Fsp3) is 0.167. The van der Waals surface area contributed by atoms with Crippen molar-refractivity contribution in [3.63, 3.8) is 0 Å². The molecule has 3 rings (SSSR count). The molecule has 0 fully saturated rings. The zero-order chi connectivity index (χ0) is 20.8. The summed E-state index contributed by atoms with van der Waals surface area (Å²) in [6.07, 6.45) is 0. The maximum absolute atomic E-state index is 12.7. The molecule has 0 aliphatic carbocycles. The first-order chi connectivity index (χ1) is 13.9. The predicted molar refractivity (Wildman–Crippen MR) is 112 cm³/mol. The van der Waals surface area contributed by atoms with E-state index in [4.69, 9.17) is 21.1 Å². The van der Waals surface area contributed by atoms with Gasteiger partial charge in [-0.2, -0.15) is 0 Å². The summed E-state index contributed by atoms with van der Waals surface area (Å²) in [4.78, 5) is 25.3. The van der Waals surface area contributed by atoms with E-state index in [1.165, 1.54) is 0 Å². The summed E-state index contributed by atoms with van der Waals surface area (Å²) >= 11 is 5.93. The molecule has 3 aromatic rings. The molecule has 148 valence electrons. The molecule has 5 heteroatoms. The third kappa shape index (κ3) is 5.46. The number of esters is 2. The highest BCUT2D eigenvalue weighted by Gasteiger charge is 2.28. The molecule has 1 atom stereocenters. The van der Waals surface area contributed by atoms with E-state index in [1.807, 2.05) is 44.2 Å². The summed E-state index contributed by atoms with van der Waals surface area (Å²) < 4.78 is 10.9. The van der Waals surface area contributed by atoms with Gasteiger partial charge < -0.3 is 9.47 Å². The van der Waals surface area contributed by atoms with Gasteiger partial charge in [0, 0.05) is 5.02 Å². The van der Waals surface area contributed by atoms with Crippen LogP contribution in [0.5, 0.6) is 11.5 Å². The SMILES string of the molecule is CC(C)C(C(=O)OC(=O)c1cccc(Oc2ccccc2)c1)c1ccc(Cl)cc1. The van der Waals surface area contributed by atoms with Crippen LogP contribution in [0.25, 0.3) is 0 Å². The molecule has 0 aliphatic heterocycles. The molecule has 0 N–H and O–H groups in total. The van der Waals surface area contributed by atoms with Crippen LogP contribution >= 0.6 is 11.6 Å². The highest BCUT2D eigenvalue weighted by Crippen LogP contribution is 2.28. The Kier molecular flexibility index (Phi) is 6.68. The average molecular weight is 409 g/mol. The Morgan fingerprint density at radius 1 is 0.828 bits per heavy atom. The smallest absolute Gasteiger partial charge is 0.345 e. The second-order valence-electron chi connectivity index (χ2n) is 6.92. The fourth-order valence-electron chi connectivity index (χ4n) is 2.99. The van der Waals surface area contributed by atoms with Gasteiger partial charge in [0.15, 0.2) is 0 Å². The van der Waals surface area contributed by atoms with Crippen LogP contribution in [0.1, 0.15) is 35.7 Å². The van der Waals surface area contributed by atoms with Gasteiger partial charge in [0.2, 0.25) is 0 Å². The van der Waals surface area contributed by atoms with Gasteiger partial charge in [-0.25, -0.2) is 4.79 Å². The summed E-state index contributed by atoms with van der Waals surface area (Å²) in [6, 6.07) is 22.7. The van der Waals surface area contributed by atoms with Gasteiger partial charge in [0.25, 0.3) is 0 Å². The molecule has 0 aliphatic rings. The van der Waals surface area contributed by atoms with Crippen LogP contribution in [0.4, 0.5) is 0 Å². The van der Waals surface area contributed by atoms with Crippen molar-refractivity contribution in [1.82, 2.24) is 0 Å². The molecular weight excluding hydrogens is 388 g/mol. The molecule has 0 saturated heterocycles. The standard InChI is InChI=1S/C24H21ClO4/c1-16(2)22(17-11-13-19(25)14-12-17)24(27)29-23(26)18-7-6-10-21(15-18)28-20-8-4-3-5-9-20/h3-16,22H,1-2H3. The second kappa shape index (κ2) is 9.39. The van der Waals surface area contributed by atoms with Crippen LogP contribution in [-0.4, -0.2) is 11.9 Å². The van der Waals surface area contributed by atoms with E-state index in [0.717, 1.165) is 5.56 Å². The summed E-state index contributed by atoms with van der Waals surface area (Å²) in [7, 11) is 0. The first-order valence-electron chi connectivity index (χ1n) is 9.28. The topological polar surface area (TPSA) is 52.6 Å². The molecule has 0 spiro atoms. The molecule has 0 heterocycles. The average Bonchev–Trinajstić information content (AvgIpc) is 2.70. The van der Waals surface area contributed by atoms with E-state index in [9.17, 15) is 9.59 Å². The minimum Gasteiger partial charge on any atom is -0.457 e. The Labute approximate surface area is 175 Å². The molecule has 1 unspecified atom stereocenters. The number of rotatable bonds is 6. The van der Waals surface area contributed by atoms with Crippen LogP contribution in [-0.2, 0) is 9.53 Å². The zero-order valence-electron chi connectivity index (χ0n) is 16.2. The summed E-state index contributed by atoms with van der Waals surface area (Å²) in [6.45, 7) is 3.80. The van der Waals surface area contributed by atoms with Gasteiger partial charge in [-0.1, -0.05) is 61.8 Å². The Bertz CT molecular complexity index is 981. The van der Waals surface area contributed by atoms with E-state index < -0.39 is 17.9 Å². The number of halogens is 1. The third-order valence-corrected chi connectivity index (χ3v) is 4.64. The van der Waals surface area contributed by atoms with Crippen molar-refractivity contribution in [2.45, 2.75) is 19.8 Å². The number of ether oxygens (including phenoxy) is 2. The minimum atomic E-state index is -0.715.